The van der Waals surface area contributed by atoms with Crippen LogP contribution in [0.25, 0.3) is 11.0 Å². The van der Waals surface area contributed by atoms with Gasteiger partial charge in [-0.2, -0.15) is 0 Å². The Morgan fingerprint density at radius 2 is 2.00 bits per heavy atom. The molecule has 3 rings (SSSR count). The van der Waals surface area contributed by atoms with Gasteiger partial charge in [-0.25, -0.2) is 4.98 Å². The lowest BCUT2D eigenvalue weighted by molar-refractivity contribution is -0.121. The summed E-state index contributed by atoms with van der Waals surface area (Å²) >= 11 is 12.4. The van der Waals surface area contributed by atoms with Crippen molar-refractivity contribution in [2.24, 2.45) is 0 Å². The summed E-state index contributed by atoms with van der Waals surface area (Å²) in [6, 6.07) is 13.5. The molecule has 2 aromatic carbocycles. The van der Waals surface area contributed by atoms with E-state index in [2.05, 4.69) is 9.88 Å². The number of carbonyl (C=O) groups excluding carboxylic acids is 1. The second kappa shape index (κ2) is 8.56. The number of hydrogen-bond donors (Lipinski definition) is 1. The average Bonchev–Trinajstić information content (AvgIpc) is 2.95. The molecule has 6 heteroatoms. The van der Waals surface area contributed by atoms with Crippen molar-refractivity contribution in [1.82, 2.24) is 14.9 Å². The van der Waals surface area contributed by atoms with Crippen molar-refractivity contribution < 1.29 is 4.79 Å². The van der Waals surface area contributed by atoms with Crippen LogP contribution in [0.2, 0.25) is 10.0 Å². The molecule has 136 valence electrons. The van der Waals surface area contributed by atoms with Crippen LogP contribution in [0.15, 0.2) is 42.5 Å². The van der Waals surface area contributed by atoms with Gasteiger partial charge >= 0.3 is 0 Å². The minimum Gasteiger partial charge on any atom is -0.356 e. The predicted molar refractivity (Wildman–Crippen MR) is 107 cm³/mol. The number of amides is 1. The lowest BCUT2D eigenvalue weighted by atomic mass is 10.2. The molecule has 0 aliphatic rings. The second-order valence-corrected chi connectivity index (χ2v) is 7.03. The van der Waals surface area contributed by atoms with E-state index in [-0.39, 0.29) is 5.91 Å². The normalized spacial score (nSPS) is 11.0. The van der Waals surface area contributed by atoms with Crippen molar-refractivity contribution >= 4 is 40.1 Å². The van der Waals surface area contributed by atoms with E-state index < -0.39 is 0 Å². The Bertz CT molecular complexity index is 921. The maximum atomic E-state index is 11.7. The van der Waals surface area contributed by atoms with Gasteiger partial charge in [-0.15, -0.1) is 0 Å². The van der Waals surface area contributed by atoms with Gasteiger partial charge in [-0.1, -0.05) is 48.3 Å². The van der Waals surface area contributed by atoms with Gasteiger partial charge in [0.05, 0.1) is 17.6 Å². The summed E-state index contributed by atoms with van der Waals surface area (Å²) in [5.74, 6) is 1.00. The number of fused-ring (bicyclic) bond motifs is 1. The van der Waals surface area contributed by atoms with Gasteiger partial charge < -0.3 is 9.88 Å². The van der Waals surface area contributed by atoms with Gasteiger partial charge in [0.15, 0.2) is 0 Å². The third-order valence-corrected chi connectivity index (χ3v) is 4.81. The number of aromatic nitrogens is 2. The van der Waals surface area contributed by atoms with E-state index in [1.807, 2.05) is 43.3 Å². The van der Waals surface area contributed by atoms with Gasteiger partial charge in [-0.3, -0.25) is 4.79 Å². The molecule has 0 saturated heterocycles. The molecule has 26 heavy (non-hydrogen) atoms. The molecule has 4 nitrogen and oxygen atoms in total. The Morgan fingerprint density at radius 1 is 1.19 bits per heavy atom. The molecule has 0 unspecified atom stereocenters. The van der Waals surface area contributed by atoms with E-state index in [1.165, 1.54) is 0 Å². The fourth-order valence-corrected chi connectivity index (χ4v) is 3.41. The first-order valence-electron chi connectivity index (χ1n) is 8.73. The molecule has 1 amide bonds. The Balaban J connectivity index is 1.86. The minimum atomic E-state index is 0.0795. The first-order valence-corrected chi connectivity index (χ1v) is 9.49. The summed E-state index contributed by atoms with van der Waals surface area (Å²) in [4.78, 5) is 16.4. The van der Waals surface area contributed by atoms with E-state index in [0.29, 0.717) is 36.0 Å². The minimum absolute atomic E-state index is 0.0795. The van der Waals surface area contributed by atoms with E-state index in [9.17, 15) is 4.79 Å². The maximum Gasteiger partial charge on any atom is 0.219 e. The van der Waals surface area contributed by atoms with Gasteiger partial charge in [0.1, 0.15) is 5.82 Å². The quantitative estimate of drug-likeness (QED) is 0.627. The summed E-state index contributed by atoms with van der Waals surface area (Å²) in [5, 5.41) is 4.21. The summed E-state index contributed by atoms with van der Waals surface area (Å²) < 4.78 is 2.15. The van der Waals surface area contributed by atoms with Crippen molar-refractivity contribution in [3.63, 3.8) is 0 Å². The first-order chi connectivity index (χ1) is 12.6. The molecule has 3 aromatic rings. The van der Waals surface area contributed by atoms with Crippen LogP contribution < -0.4 is 5.32 Å². The molecule has 0 aliphatic heterocycles. The highest BCUT2D eigenvalue weighted by molar-refractivity contribution is 6.35. The van der Waals surface area contributed by atoms with Gasteiger partial charge in [0, 0.05) is 29.4 Å². The number of para-hydroxylation sites is 2. The highest BCUT2D eigenvalue weighted by Crippen LogP contribution is 2.24. The Labute approximate surface area is 163 Å². The van der Waals surface area contributed by atoms with E-state index >= 15 is 0 Å². The van der Waals surface area contributed by atoms with E-state index in [1.54, 1.807) is 6.07 Å². The molecule has 0 spiro atoms. The summed E-state index contributed by atoms with van der Waals surface area (Å²) in [6.07, 6.45) is 2.06. The summed E-state index contributed by atoms with van der Waals surface area (Å²) in [6.45, 7) is 3.17. The zero-order valence-electron chi connectivity index (χ0n) is 14.6. The van der Waals surface area contributed by atoms with Crippen molar-refractivity contribution in [2.45, 2.75) is 32.7 Å². The van der Waals surface area contributed by atoms with Gasteiger partial charge in [0.25, 0.3) is 0 Å². The molecule has 1 heterocycles. The van der Waals surface area contributed by atoms with Crippen molar-refractivity contribution in [2.75, 3.05) is 6.54 Å². The van der Waals surface area contributed by atoms with Gasteiger partial charge in [0.2, 0.25) is 5.91 Å². The number of nitrogens with one attached hydrogen (secondary N) is 1. The van der Waals surface area contributed by atoms with Crippen LogP contribution >= 0.6 is 23.2 Å². The Morgan fingerprint density at radius 3 is 2.77 bits per heavy atom. The summed E-state index contributed by atoms with van der Waals surface area (Å²) in [7, 11) is 0. The number of halogens is 2. The fraction of sp³-hybridized carbons (Fsp3) is 0.300. The number of hydrogen-bond acceptors (Lipinski definition) is 2. The van der Waals surface area contributed by atoms with Crippen LogP contribution in [0.3, 0.4) is 0 Å². The number of carbonyl (C=O) groups is 1. The SMILES string of the molecule is CCCC(=O)NCCc1nc2ccccc2n1Cc1ccc(Cl)cc1Cl. The standard InChI is InChI=1S/C20H21Cl2N3O/c1-2-5-20(26)23-11-10-19-24-17-6-3-4-7-18(17)25(19)13-14-8-9-15(21)12-16(14)22/h3-4,6-9,12H,2,5,10-11,13H2,1H3,(H,23,26). The third kappa shape index (κ3) is 4.37. The molecule has 0 aliphatic carbocycles. The van der Waals surface area contributed by atoms with Crippen LogP contribution in [0, 0.1) is 0 Å². The molecule has 0 radical (unpaired) electrons. The highest BCUT2D eigenvalue weighted by atomic mass is 35.5. The zero-order chi connectivity index (χ0) is 18.5. The molecule has 0 bridgehead atoms. The number of nitrogens with zero attached hydrogens (tertiary/aromatic N) is 2. The van der Waals surface area contributed by atoms with Gasteiger partial charge in [-0.05, 0) is 36.2 Å². The molecule has 0 saturated carbocycles. The summed E-state index contributed by atoms with van der Waals surface area (Å²) in [5.41, 5.74) is 2.97. The zero-order valence-corrected chi connectivity index (χ0v) is 16.1. The topological polar surface area (TPSA) is 46.9 Å². The molecular formula is C20H21Cl2N3O. The van der Waals surface area contributed by atoms with Crippen LogP contribution in [0.4, 0.5) is 0 Å². The average molecular weight is 390 g/mol. The molecule has 1 N–H and O–H groups in total. The Kier molecular flexibility index (Phi) is 6.17. The Hall–Kier alpha value is -2.04. The van der Waals surface area contributed by atoms with Crippen molar-refractivity contribution in [3.05, 3.63) is 63.9 Å². The van der Waals surface area contributed by atoms with Crippen molar-refractivity contribution in [1.29, 1.82) is 0 Å². The highest BCUT2D eigenvalue weighted by Gasteiger charge is 2.13. The van der Waals surface area contributed by atoms with E-state index in [4.69, 9.17) is 28.2 Å². The maximum absolute atomic E-state index is 11.7. The molecular weight excluding hydrogens is 369 g/mol. The second-order valence-electron chi connectivity index (χ2n) is 6.19. The molecule has 0 fully saturated rings. The third-order valence-electron chi connectivity index (χ3n) is 4.23. The van der Waals surface area contributed by atoms with Crippen LogP contribution in [0.1, 0.15) is 31.2 Å². The van der Waals surface area contributed by atoms with Crippen molar-refractivity contribution in [3.8, 4) is 0 Å². The predicted octanol–water partition coefficient (Wildman–Crippen LogP) is 4.85. The molecule has 0 atom stereocenters. The first kappa shape index (κ1) is 18.7. The number of rotatable bonds is 7. The number of imidazole rings is 1. The lowest BCUT2D eigenvalue weighted by Gasteiger charge is -2.11. The lowest BCUT2D eigenvalue weighted by Crippen LogP contribution is -2.26. The smallest absolute Gasteiger partial charge is 0.219 e. The number of benzene rings is 2. The van der Waals surface area contributed by atoms with Crippen LogP contribution in [-0.2, 0) is 17.8 Å². The largest absolute Gasteiger partial charge is 0.356 e. The van der Waals surface area contributed by atoms with E-state index in [0.717, 1.165) is 28.8 Å². The molecule has 1 aromatic heterocycles. The van der Waals surface area contributed by atoms with Crippen LogP contribution in [0.5, 0.6) is 0 Å². The monoisotopic (exact) mass is 389 g/mol. The van der Waals surface area contributed by atoms with Crippen LogP contribution in [-0.4, -0.2) is 22.0 Å². The fourth-order valence-electron chi connectivity index (χ4n) is 2.94.